The molecule has 1 aromatic heterocycles. The van der Waals surface area contributed by atoms with Crippen molar-refractivity contribution in [3.05, 3.63) is 51.7 Å². The highest BCUT2D eigenvalue weighted by Gasteiger charge is 2.22. The molecule has 2 nitrogen and oxygen atoms in total. The van der Waals surface area contributed by atoms with E-state index in [1.807, 2.05) is 0 Å². The second-order valence-corrected chi connectivity index (χ2v) is 5.77. The molecule has 1 aliphatic heterocycles. The molecule has 0 aliphatic carbocycles. The van der Waals surface area contributed by atoms with E-state index in [4.69, 9.17) is 4.74 Å². The summed E-state index contributed by atoms with van der Waals surface area (Å²) >= 11 is 1.80. The Morgan fingerprint density at radius 1 is 1.32 bits per heavy atom. The first-order valence-electron chi connectivity index (χ1n) is 6.91. The molecule has 2 aromatic rings. The molecule has 0 amide bonds. The third kappa shape index (κ3) is 2.53. The van der Waals surface area contributed by atoms with Crippen molar-refractivity contribution in [3.63, 3.8) is 0 Å². The Hall–Kier alpha value is -1.32. The molecule has 0 bridgehead atoms. The molecule has 1 atom stereocenters. The molecule has 0 saturated heterocycles. The number of aryl methyl sites for hydroxylation is 1. The maximum Gasteiger partial charge on any atom is 0.127 e. The zero-order valence-electron chi connectivity index (χ0n) is 11.2. The first-order valence-corrected chi connectivity index (χ1v) is 7.79. The zero-order chi connectivity index (χ0) is 13.1. The summed E-state index contributed by atoms with van der Waals surface area (Å²) in [4.78, 5) is 1.35. The molecule has 1 unspecified atom stereocenters. The van der Waals surface area contributed by atoms with Crippen LogP contribution >= 0.6 is 11.3 Å². The fourth-order valence-corrected chi connectivity index (χ4v) is 3.48. The molecular weight excluding hydrogens is 254 g/mol. The van der Waals surface area contributed by atoms with Crippen LogP contribution in [0.1, 0.15) is 35.4 Å². The smallest absolute Gasteiger partial charge is 0.127 e. The number of nitrogens with one attached hydrogen (secondary N) is 1. The summed E-state index contributed by atoms with van der Waals surface area (Å²) in [5.74, 6) is 1.10. The van der Waals surface area contributed by atoms with Crippen molar-refractivity contribution in [2.45, 2.75) is 25.8 Å². The number of hydrogen-bond acceptors (Lipinski definition) is 3. The normalized spacial score (nSPS) is 15.6. The predicted octanol–water partition coefficient (Wildman–Crippen LogP) is 3.77. The first-order chi connectivity index (χ1) is 9.40. The SMILES string of the molecule is CCNC(c1cccs1)c1cccc2c1OCCC2. The summed E-state index contributed by atoms with van der Waals surface area (Å²) in [5.41, 5.74) is 2.63. The molecule has 0 saturated carbocycles. The van der Waals surface area contributed by atoms with Crippen LogP contribution in [-0.4, -0.2) is 13.2 Å². The van der Waals surface area contributed by atoms with E-state index in [-0.39, 0.29) is 6.04 Å². The van der Waals surface area contributed by atoms with Crippen LogP contribution in [0.3, 0.4) is 0 Å². The Kier molecular flexibility index (Phi) is 3.85. The molecule has 100 valence electrons. The van der Waals surface area contributed by atoms with E-state index in [0.717, 1.165) is 31.7 Å². The highest BCUT2D eigenvalue weighted by Crippen LogP contribution is 2.36. The number of thiophene rings is 1. The number of ether oxygens (including phenoxy) is 1. The molecular formula is C16H19NOS. The van der Waals surface area contributed by atoms with E-state index in [1.165, 1.54) is 16.0 Å². The van der Waals surface area contributed by atoms with Crippen LogP contribution in [-0.2, 0) is 6.42 Å². The van der Waals surface area contributed by atoms with Crippen LogP contribution in [0.2, 0.25) is 0 Å². The van der Waals surface area contributed by atoms with Crippen molar-refractivity contribution >= 4 is 11.3 Å². The average molecular weight is 273 g/mol. The number of para-hydroxylation sites is 1. The number of rotatable bonds is 4. The third-order valence-electron chi connectivity index (χ3n) is 3.51. The summed E-state index contributed by atoms with van der Waals surface area (Å²) in [6, 6.07) is 11.1. The lowest BCUT2D eigenvalue weighted by Gasteiger charge is -2.25. The lowest BCUT2D eigenvalue weighted by atomic mass is 9.97. The molecule has 3 heteroatoms. The van der Waals surface area contributed by atoms with Crippen LogP contribution in [0.4, 0.5) is 0 Å². The van der Waals surface area contributed by atoms with Gasteiger partial charge in [-0.3, -0.25) is 0 Å². The van der Waals surface area contributed by atoms with Gasteiger partial charge in [-0.2, -0.15) is 0 Å². The Morgan fingerprint density at radius 3 is 3.05 bits per heavy atom. The molecule has 1 aliphatic rings. The van der Waals surface area contributed by atoms with Crippen LogP contribution in [0.25, 0.3) is 0 Å². The van der Waals surface area contributed by atoms with Gasteiger partial charge in [-0.1, -0.05) is 31.2 Å². The van der Waals surface area contributed by atoms with E-state index in [1.54, 1.807) is 11.3 Å². The predicted molar refractivity (Wildman–Crippen MR) is 80.1 cm³/mol. The van der Waals surface area contributed by atoms with Crippen LogP contribution in [0.15, 0.2) is 35.7 Å². The molecule has 0 radical (unpaired) electrons. The Bertz CT molecular complexity index is 536. The van der Waals surface area contributed by atoms with Gasteiger partial charge < -0.3 is 10.1 Å². The standard InChI is InChI=1S/C16H19NOS/c1-2-17-15(14-9-5-11-19-14)13-8-3-6-12-7-4-10-18-16(12)13/h3,5-6,8-9,11,15,17H,2,4,7,10H2,1H3. The maximum atomic E-state index is 5.94. The van der Waals surface area contributed by atoms with Crippen LogP contribution in [0.5, 0.6) is 5.75 Å². The number of benzene rings is 1. The number of hydrogen-bond donors (Lipinski definition) is 1. The largest absolute Gasteiger partial charge is 0.493 e. The zero-order valence-corrected chi connectivity index (χ0v) is 12.0. The molecule has 2 heterocycles. The van der Waals surface area contributed by atoms with Gasteiger partial charge in [0.05, 0.1) is 12.6 Å². The van der Waals surface area contributed by atoms with Crippen molar-refractivity contribution in [3.8, 4) is 5.75 Å². The van der Waals surface area contributed by atoms with Gasteiger partial charge in [0.1, 0.15) is 5.75 Å². The summed E-state index contributed by atoms with van der Waals surface area (Å²) in [7, 11) is 0. The summed E-state index contributed by atoms with van der Waals surface area (Å²) in [6.45, 7) is 3.94. The molecule has 0 fully saturated rings. The third-order valence-corrected chi connectivity index (χ3v) is 4.45. The van der Waals surface area contributed by atoms with E-state index in [0.29, 0.717) is 0 Å². The lowest BCUT2D eigenvalue weighted by molar-refractivity contribution is 0.283. The highest BCUT2D eigenvalue weighted by molar-refractivity contribution is 7.10. The van der Waals surface area contributed by atoms with Gasteiger partial charge in [-0.15, -0.1) is 11.3 Å². The fourth-order valence-electron chi connectivity index (χ4n) is 2.67. The Balaban J connectivity index is 2.03. The fraction of sp³-hybridized carbons (Fsp3) is 0.375. The van der Waals surface area contributed by atoms with Gasteiger partial charge in [0.15, 0.2) is 0 Å². The minimum absolute atomic E-state index is 0.248. The summed E-state index contributed by atoms with van der Waals surface area (Å²) in [6.07, 6.45) is 2.26. The first kappa shape index (κ1) is 12.7. The highest BCUT2D eigenvalue weighted by atomic mass is 32.1. The van der Waals surface area contributed by atoms with E-state index >= 15 is 0 Å². The number of fused-ring (bicyclic) bond motifs is 1. The van der Waals surface area contributed by atoms with Gasteiger partial charge >= 0.3 is 0 Å². The molecule has 1 aromatic carbocycles. The second kappa shape index (κ2) is 5.76. The maximum absolute atomic E-state index is 5.94. The minimum atomic E-state index is 0.248. The molecule has 3 rings (SSSR count). The minimum Gasteiger partial charge on any atom is -0.493 e. The average Bonchev–Trinajstić information content (AvgIpc) is 2.98. The van der Waals surface area contributed by atoms with Gasteiger partial charge in [0.25, 0.3) is 0 Å². The van der Waals surface area contributed by atoms with Crippen molar-refractivity contribution in [2.75, 3.05) is 13.2 Å². The van der Waals surface area contributed by atoms with Crippen molar-refractivity contribution in [2.24, 2.45) is 0 Å². The van der Waals surface area contributed by atoms with Crippen LogP contribution in [0, 0.1) is 0 Å². The van der Waals surface area contributed by atoms with Crippen molar-refractivity contribution in [1.82, 2.24) is 5.32 Å². The molecule has 1 N–H and O–H groups in total. The second-order valence-electron chi connectivity index (χ2n) is 4.79. The van der Waals surface area contributed by atoms with Gasteiger partial charge in [0.2, 0.25) is 0 Å². The summed E-state index contributed by atoms with van der Waals surface area (Å²) < 4.78 is 5.94. The van der Waals surface area contributed by atoms with Crippen molar-refractivity contribution < 1.29 is 4.74 Å². The summed E-state index contributed by atoms with van der Waals surface area (Å²) in [5, 5.41) is 5.72. The van der Waals surface area contributed by atoms with Crippen molar-refractivity contribution in [1.29, 1.82) is 0 Å². The lowest BCUT2D eigenvalue weighted by Crippen LogP contribution is -2.23. The van der Waals surface area contributed by atoms with E-state index < -0.39 is 0 Å². The Morgan fingerprint density at radius 2 is 2.26 bits per heavy atom. The monoisotopic (exact) mass is 273 g/mol. The topological polar surface area (TPSA) is 21.3 Å². The van der Waals surface area contributed by atoms with Gasteiger partial charge in [-0.05, 0) is 36.4 Å². The van der Waals surface area contributed by atoms with E-state index in [2.05, 4.69) is 48.0 Å². The quantitative estimate of drug-likeness (QED) is 0.915. The van der Waals surface area contributed by atoms with E-state index in [9.17, 15) is 0 Å². The van der Waals surface area contributed by atoms with Gasteiger partial charge in [-0.25, -0.2) is 0 Å². The Labute approximate surface area is 118 Å². The molecule has 0 spiro atoms. The van der Waals surface area contributed by atoms with Crippen LogP contribution < -0.4 is 10.1 Å². The van der Waals surface area contributed by atoms with Gasteiger partial charge in [0, 0.05) is 10.4 Å². The molecule has 19 heavy (non-hydrogen) atoms.